The third-order valence-electron chi connectivity index (χ3n) is 5.49. The van der Waals surface area contributed by atoms with Gasteiger partial charge in [0.05, 0.1) is 0 Å². The van der Waals surface area contributed by atoms with Crippen LogP contribution in [0.5, 0.6) is 5.75 Å². The van der Waals surface area contributed by atoms with Crippen molar-refractivity contribution in [2.45, 2.75) is 32.3 Å². The Kier molecular flexibility index (Phi) is 4.00. The minimum Gasteiger partial charge on any atom is -0.486 e. The van der Waals surface area contributed by atoms with Crippen molar-refractivity contribution in [2.24, 2.45) is 24.8 Å². The van der Waals surface area contributed by atoms with Crippen molar-refractivity contribution < 1.29 is 9.53 Å². The molecule has 0 radical (unpaired) electrons. The molecule has 2 bridgehead atoms. The third-order valence-corrected chi connectivity index (χ3v) is 5.49. The predicted octanol–water partition coefficient (Wildman–Crippen LogP) is 3.37. The van der Waals surface area contributed by atoms with Crippen LogP contribution in [0.4, 0.5) is 5.69 Å². The third kappa shape index (κ3) is 3.03. The summed E-state index contributed by atoms with van der Waals surface area (Å²) in [6.45, 7) is 0.431. The Bertz CT molecular complexity index is 722. The largest absolute Gasteiger partial charge is 0.486 e. The Morgan fingerprint density at radius 1 is 1.29 bits per heavy atom. The zero-order valence-electron chi connectivity index (χ0n) is 13.9. The van der Waals surface area contributed by atoms with Gasteiger partial charge in [-0.1, -0.05) is 6.42 Å². The maximum absolute atomic E-state index is 12.5. The minimum atomic E-state index is 0.184. The van der Waals surface area contributed by atoms with Crippen molar-refractivity contribution in [3.63, 3.8) is 0 Å². The topological polar surface area (TPSA) is 56.1 Å². The molecule has 3 atom stereocenters. The van der Waals surface area contributed by atoms with Crippen molar-refractivity contribution in [1.29, 1.82) is 0 Å². The smallest absolute Gasteiger partial charge is 0.227 e. The number of imidazole rings is 1. The number of nitrogens with one attached hydrogen (secondary N) is 1. The molecule has 0 aliphatic heterocycles. The monoisotopic (exact) mass is 325 g/mol. The van der Waals surface area contributed by atoms with Crippen molar-refractivity contribution in [3.8, 4) is 5.75 Å². The Morgan fingerprint density at radius 2 is 2.12 bits per heavy atom. The van der Waals surface area contributed by atoms with Gasteiger partial charge in [0.1, 0.15) is 18.2 Å². The molecule has 24 heavy (non-hydrogen) atoms. The average Bonchev–Trinajstić information content (AvgIpc) is 3.31. The van der Waals surface area contributed by atoms with Crippen LogP contribution in [0.1, 0.15) is 31.5 Å². The van der Waals surface area contributed by atoms with E-state index in [0.29, 0.717) is 12.5 Å². The molecule has 2 saturated carbocycles. The number of fused-ring (bicyclic) bond motifs is 2. The zero-order chi connectivity index (χ0) is 16.5. The summed E-state index contributed by atoms with van der Waals surface area (Å²) < 4.78 is 7.67. The summed E-state index contributed by atoms with van der Waals surface area (Å²) in [6, 6.07) is 7.58. The first kappa shape index (κ1) is 15.2. The van der Waals surface area contributed by atoms with E-state index < -0.39 is 0 Å². The molecule has 2 aromatic rings. The number of ether oxygens (including phenoxy) is 1. The van der Waals surface area contributed by atoms with Crippen LogP contribution < -0.4 is 10.1 Å². The SMILES string of the molecule is Cn1ccnc1COc1ccc(NC(=O)C2CC3CCC2C3)cc1. The Labute approximate surface area is 142 Å². The van der Waals surface area contributed by atoms with E-state index in [1.54, 1.807) is 6.20 Å². The fourth-order valence-corrected chi connectivity index (χ4v) is 4.12. The molecule has 1 amide bonds. The van der Waals surface area contributed by atoms with Gasteiger partial charge in [-0.2, -0.15) is 0 Å². The lowest BCUT2D eigenvalue weighted by Gasteiger charge is -2.20. The molecule has 1 N–H and O–H groups in total. The summed E-state index contributed by atoms with van der Waals surface area (Å²) in [7, 11) is 1.94. The highest BCUT2D eigenvalue weighted by Crippen LogP contribution is 2.48. The van der Waals surface area contributed by atoms with E-state index >= 15 is 0 Å². The van der Waals surface area contributed by atoms with Crippen LogP contribution in [-0.4, -0.2) is 15.5 Å². The summed E-state index contributed by atoms with van der Waals surface area (Å²) in [5, 5.41) is 3.06. The van der Waals surface area contributed by atoms with Gasteiger partial charge >= 0.3 is 0 Å². The van der Waals surface area contributed by atoms with E-state index in [4.69, 9.17) is 4.74 Å². The van der Waals surface area contributed by atoms with E-state index in [0.717, 1.165) is 29.6 Å². The Balaban J connectivity index is 1.32. The Hall–Kier alpha value is -2.30. The van der Waals surface area contributed by atoms with E-state index in [-0.39, 0.29) is 11.8 Å². The first-order valence-corrected chi connectivity index (χ1v) is 8.69. The second-order valence-electron chi connectivity index (χ2n) is 7.04. The number of aromatic nitrogens is 2. The standard InChI is InChI=1S/C19H23N3O2/c1-22-9-8-20-18(22)12-24-16-6-4-15(5-7-16)21-19(23)17-11-13-2-3-14(17)10-13/h4-9,13-14,17H,2-3,10-12H2,1H3,(H,21,23). The van der Waals surface area contributed by atoms with Gasteiger partial charge in [0, 0.05) is 31.0 Å². The molecule has 4 rings (SSSR count). The van der Waals surface area contributed by atoms with Crippen molar-refractivity contribution >= 4 is 11.6 Å². The van der Waals surface area contributed by atoms with Gasteiger partial charge in [0.25, 0.3) is 0 Å². The van der Waals surface area contributed by atoms with Gasteiger partial charge in [-0.05, 0) is 55.4 Å². The van der Waals surface area contributed by atoms with E-state index in [2.05, 4.69) is 10.3 Å². The van der Waals surface area contributed by atoms with Crippen molar-refractivity contribution in [1.82, 2.24) is 9.55 Å². The van der Waals surface area contributed by atoms with Gasteiger partial charge in [-0.3, -0.25) is 4.79 Å². The molecule has 5 nitrogen and oxygen atoms in total. The maximum Gasteiger partial charge on any atom is 0.227 e. The van der Waals surface area contributed by atoms with Gasteiger partial charge < -0.3 is 14.6 Å². The summed E-state index contributed by atoms with van der Waals surface area (Å²) in [6.07, 6.45) is 8.51. The molecule has 5 heteroatoms. The lowest BCUT2D eigenvalue weighted by Crippen LogP contribution is -2.27. The molecule has 1 aromatic carbocycles. The summed E-state index contributed by atoms with van der Waals surface area (Å²) in [4.78, 5) is 16.7. The highest BCUT2D eigenvalue weighted by Gasteiger charge is 2.42. The summed E-state index contributed by atoms with van der Waals surface area (Å²) >= 11 is 0. The molecular weight excluding hydrogens is 302 g/mol. The maximum atomic E-state index is 12.5. The molecular formula is C19H23N3O2. The van der Waals surface area contributed by atoms with Crippen LogP contribution >= 0.6 is 0 Å². The Morgan fingerprint density at radius 3 is 2.75 bits per heavy atom. The van der Waals surface area contributed by atoms with Crippen LogP contribution in [-0.2, 0) is 18.4 Å². The molecule has 2 aliphatic rings. The number of carbonyl (C=O) groups is 1. The van der Waals surface area contributed by atoms with E-state index in [1.165, 1.54) is 19.3 Å². The van der Waals surface area contributed by atoms with Gasteiger partial charge in [-0.25, -0.2) is 4.98 Å². The lowest BCUT2D eigenvalue weighted by atomic mass is 9.88. The average molecular weight is 325 g/mol. The lowest BCUT2D eigenvalue weighted by molar-refractivity contribution is -0.121. The number of hydrogen-bond donors (Lipinski definition) is 1. The molecule has 1 aromatic heterocycles. The minimum absolute atomic E-state index is 0.184. The van der Waals surface area contributed by atoms with Crippen LogP contribution in [0.2, 0.25) is 0 Å². The molecule has 2 aliphatic carbocycles. The molecule has 3 unspecified atom stereocenters. The fraction of sp³-hybridized carbons (Fsp3) is 0.474. The van der Waals surface area contributed by atoms with E-state index in [1.807, 2.05) is 42.1 Å². The molecule has 1 heterocycles. The normalized spacial score (nSPS) is 25.0. The number of benzene rings is 1. The number of rotatable bonds is 5. The summed E-state index contributed by atoms with van der Waals surface area (Å²) in [5.74, 6) is 3.44. The predicted molar refractivity (Wildman–Crippen MR) is 91.5 cm³/mol. The quantitative estimate of drug-likeness (QED) is 0.917. The number of nitrogens with zero attached hydrogens (tertiary/aromatic N) is 2. The fourth-order valence-electron chi connectivity index (χ4n) is 4.12. The van der Waals surface area contributed by atoms with Gasteiger partial charge in [-0.15, -0.1) is 0 Å². The highest BCUT2D eigenvalue weighted by atomic mass is 16.5. The van der Waals surface area contributed by atoms with Gasteiger partial charge in [0.2, 0.25) is 5.91 Å². The zero-order valence-corrected chi connectivity index (χ0v) is 13.9. The first-order chi connectivity index (χ1) is 11.7. The summed E-state index contributed by atoms with van der Waals surface area (Å²) in [5.41, 5.74) is 0.840. The van der Waals surface area contributed by atoms with Crippen LogP contribution in [0.3, 0.4) is 0 Å². The first-order valence-electron chi connectivity index (χ1n) is 8.69. The van der Waals surface area contributed by atoms with Gasteiger partial charge in [0.15, 0.2) is 0 Å². The number of anilines is 1. The highest BCUT2D eigenvalue weighted by molar-refractivity contribution is 5.93. The van der Waals surface area contributed by atoms with Crippen molar-refractivity contribution in [2.75, 3.05) is 5.32 Å². The molecule has 0 spiro atoms. The van der Waals surface area contributed by atoms with Crippen LogP contribution in [0.25, 0.3) is 0 Å². The van der Waals surface area contributed by atoms with E-state index in [9.17, 15) is 4.79 Å². The number of aryl methyl sites for hydroxylation is 1. The van der Waals surface area contributed by atoms with Crippen molar-refractivity contribution in [3.05, 3.63) is 42.5 Å². The number of amides is 1. The number of carbonyl (C=O) groups excluding carboxylic acids is 1. The second-order valence-corrected chi connectivity index (χ2v) is 7.04. The van der Waals surface area contributed by atoms with Crippen LogP contribution in [0, 0.1) is 17.8 Å². The molecule has 126 valence electrons. The second kappa shape index (κ2) is 6.30. The number of hydrogen-bond acceptors (Lipinski definition) is 3. The molecule has 0 saturated heterocycles. The molecule has 2 fully saturated rings. The van der Waals surface area contributed by atoms with Crippen LogP contribution in [0.15, 0.2) is 36.7 Å².